The van der Waals surface area contributed by atoms with Crippen molar-refractivity contribution in [2.24, 2.45) is 0 Å². The number of carbonyl (C=O) groups is 3. The van der Waals surface area contributed by atoms with Crippen molar-refractivity contribution in [1.82, 2.24) is 10.2 Å². The van der Waals surface area contributed by atoms with Gasteiger partial charge < -0.3 is 10.0 Å². The van der Waals surface area contributed by atoms with Gasteiger partial charge >= 0.3 is 0 Å². The molecule has 2 N–H and O–H groups in total. The van der Waals surface area contributed by atoms with Gasteiger partial charge in [0.1, 0.15) is 11.9 Å². The molecule has 3 rings (SSSR count). The van der Waals surface area contributed by atoms with Crippen molar-refractivity contribution in [1.29, 1.82) is 0 Å². The van der Waals surface area contributed by atoms with Crippen molar-refractivity contribution in [3.63, 3.8) is 0 Å². The van der Waals surface area contributed by atoms with E-state index < -0.39 is 24.4 Å². The monoisotopic (exact) mass is 318 g/mol. The maximum atomic E-state index is 13.4. The number of rotatable bonds is 3. The molecule has 120 valence electrons. The van der Waals surface area contributed by atoms with Gasteiger partial charge in [0, 0.05) is 18.5 Å². The number of nitrogens with one attached hydrogen (secondary N) is 1. The van der Waals surface area contributed by atoms with Crippen molar-refractivity contribution < 1.29 is 23.9 Å². The smallest absolute Gasteiger partial charge is 0.255 e. The van der Waals surface area contributed by atoms with E-state index in [9.17, 15) is 18.8 Å². The summed E-state index contributed by atoms with van der Waals surface area (Å²) >= 11 is 0. The quantitative estimate of drug-likeness (QED) is 0.805. The Morgan fingerprint density at radius 3 is 2.87 bits per heavy atom. The first-order valence-corrected chi connectivity index (χ1v) is 7.24. The SMILES string of the molecule is O=C1CCC(N2Cc3c(/C=C(\F)CO)cccc3C2=O)C(=O)N1. The van der Waals surface area contributed by atoms with Crippen molar-refractivity contribution in [2.75, 3.05) is 6.61 Å². The molecular weight excluding hydrogens is 303 g/mol. The number of amides is 3. The first kappa shape index (κ1) is 15.4. The number of fused-ring (bicyclic) bond motifs is 1. The zero-order valence-electron chi connectivity index (χ0n) is 12.2. The van der Waals surface area contributed by atoms with Crippen LogP contribution in [0.3, 0.4) is 0 Å². The van der Waals surface area contributed by atoms with Gasteiger partial charge in [0.2, 0.25) is 11.8 Å². The Labute approximate surface area is 131 Å². The molecule has 1 aromatic rings. The lowest BCUT2D eigenvalue weighted by Crippen LogP contribution is -2.52. The van der Waals surface area contributed by atoms with E-state index in [0.29, 0.717) is 16.7 Å². The van der Waals surface area contributed by atoms with Crippen molar-refractivity contribution in [3.8, 4) is 0 Å². The predicted molar refractivity (Wildman–Crippen MR) is 78.7 cm³/mol. The largest absolute Gasteiger partial charge is 0.389 e. The molecule has 1 saturated heterocycles. The number of hydrogen-bond donors (Lipinski definition) is 2. The number of piperidine rings is 1. The Kier molecular flexibility index (Phi) is 3.96. The van der Waals surface area contributed by atoms with Gasteiger partial charge in [-0.3, -0.25) is 19.7 Å². The number of benzene rings is 1. The van der Waals surface area contributed by atoms with Crippen LogP contribution in [-0.4, -0.2) is 40.4 Å². The standard InChI is InChI=1S/C16H15FN2O4/c17-10(8-20)6-9-2-1-3-11-12(9)7-19(16(11)23)13-4-5-14(21)18-15(13)22/h1-3,6,13,20H,4-5,7-8H2,(H,18,21,22)/b10-6-. The molecule has 0 aliphatic carbocycles. The minimum atomic E-state index is -0.714. The summed E-state index contributed by atoms with van der Waals surface area (Å²) in [6.07, 6.45) is 1.64. The molecule has 3 amide bonds. The maximum absolute atomic E-state index is 13.4. The highest BCUT2D eigenvalue weighted by atomic mass is 19.1. The highest BCUT2D eigenvalue weighted by molar-refractivity contribution is 6.05. The van der Waals surface area contributed by atoms with E-state index >= 15 is 0 Å². The third kappa shape index (κ3) is 2.75. The van der Waals surface area contributed by atoms with Gasteiger partial charge in [0.25, 0.3) is 5.91 Å². The maximum Gasteiger partial charge on any atom is 0.255 e. The summed E-state index contributed by atoms with van der Waals surface area (Å²) in [5, 5.41) is 11.0. The predicted octanol–water partition coefficient (Wildman–Crippen LogP) is 0.750. The molecule has 2 aliphatic heterocycles. The van der Waals surface area contributed by atoms with Gasteiger partial charge in [-0.25, -0.2) is 4.39 Å². The van der Waals surface area contributed by atoms with Crippen molar-refractivity contribution >= 4 is 23.8 Å². The molecule has 2 heterocycles. The molecule has 1 atom stereocenters. The van der Waals surface area contributed by atoms with Crippen LogP contribution in [0, 0.1) is 0 Å². The van der Waals surface area contributed by atoms with E-state index in [4.69, 9.17) is 5.11 Å². The van der Waals surface area contributed by atoms with Gasteiger partial charge in [-0.15, -0.1) is 0 Å². The molecule has 7 heteroatoms. The summed E-state index contributed by atoms with van der Waals surface area (Å²) < 4.78 is 13.4. The van der Waals surface area contributed by atoms with Crippen LogP contribution in [0.25, 0.3) is 6.08 Å². The number of halogens is 1. The third-order valence-electron chi connectivity index (χ3n) is 4.08. The minimum Gasteiger partial charge on any atom is -0.389 e. The van der Waals surface area contributed by atoms with Crippen molar-refractivity contribution in [3.05, 3.63) is 40.7 Å². The molecule has 1 unspecified atom stereocenters. The Balaban J connectivity index is 1.91. The lowest BCUT2D eigenvalue weighted by molar-refractivity contribution is -0.136. The molecule has 0 saturated carbocycles. The van der Waals surface area contributed by atoms with E-state index in [0.717, 1.165) is 0 Å². The number of aliphatic hydroxyl groups excluding tert-OH is 1. The topological polar surface area (TPSA) is 86.7 Å². The Bertz CT molecular complexity index is 729. The number of nitrogens with zero attached hydrogens (tertiary/aromatic N) is 1. The molecule has 1 aromatic carbocycles. The lowest BCUT2D eigenvalue weighted by Gasteiger charge is -2.29. The van der Waals surface area contributed by atoms with E-state index in [1.54, 1.807) is 18.2 Å². The highest BCUT2D eigenvalue weighted by Crippen LogP contribution is 2.30. The Morgan fingerprint density at radius 2 is 2.17 bits per heavy atom. The van der Waals surface area contributed by atoms with Crippen LogP contribution in [-0.2, 0) is 16.1 Å². The van der Waals surface area contributed by atoms with Crippen LogP contribution < -0.4 is 5.32 Å². The lowest BCUT2D eigenvalue weighted by atomic mass is 10.0. The molecule has 0 bridgehead atoms. The van der Waals surface area contributed by atoms with Crippen LogP contribution in [0.4, 0.5) is 4.39 Å². The van der Waals surface area contributed by atoms with Crippen molar-refractivity contribution in [2.45, 2.75) is 25.4 Å². The first-order chi connectivity index (χ1) is 11.0. The summed E-state index contributed by atoms with van der Waals surface area (Å²) in [4.78, 5) is 37.1. The first-order valence-electron chi connectivity index (χ1n) is 7.24. The van der Waals surface area contributed by atoms with E-state index in [-0.39, 0.29) is 31.2 Å². The average molecular weight is 318 g/mol. The van der Waals surface area contributed by atoms with Crippen LogP contribution in [0.2, 0.25) is 0 Å². The molecule has 0 aromatic heterocycles. The van der Waals surface area contributed by atoms with E-state index in [1.165, 1.54) is 11.0 Å². The fourth-order valence-electron chi connectivity index (χ4n) is 2.96. The number of aliphatic hydroxyl groups is 1. The summed E-state index contributed by atoms with van der Waals surface area (Å²) in [5.41, 5.74) is 1.53. The fourth-order valence-corrected chi connectivity index (χ4v) is 2.96. The molecule has 0 radical (unpaired) electrons. The molecule has 23 heavy (non-hydrogen) atoms. The number of carbonyl (C=O) groups excluding carboxylic acids is 3. The minimum absolute atomic E-state index is 0.172. The summed E-state index contributed by atoms with van der Waals surface area (Å²) in [6, 6.07) is 4.20. The Morgan fingerprint density at radius 1 is 1.39 bits per heavy atom. The molecule has 0 spiro atoms. The van der Waals surface area contributed by atoms with Gasteiger partial charge in [-0.2, -0.15) is 0 Å². The fraction of sp³-hybridized carbons (Fsp3) is 0.312. The summed E-state index contributed by atoms with van der Waals surface area (Å²) in [5.74, 6) is -1.84. The summed E-state index contributed by atoms with van der Waals surface area (Å²) in [7, 11) is 0. The molecule has 6 nitrogen and oxygen atoms in total. The van der Waals surface area contributed by atoms with Gasteiger partial charge in [0.15, 0.2) is 0 Å². The highest BCUT2D eigenvalue weighted by Gasteiger charge is 2.39. The zero-order valence-corrected chi connectivity index (χ0v) is 12.2. The van der Waals surface area contributed by atoms with Gasteiger partial charge in [-0.05, 0) is 29.7 Å². The van der Waals surface area contributed by atoms with Crippen LogP contribution in [0.15, 0.2) is 24.0 Å². The van der Waals surface area contributed by atoms with Crippen LogP contribution in [0.1, 0.15) is 34.3 Å². The van der Waals surface area contributed by atoms with Gasteiger partial charge in [0.05, 0.1) is 6.61 Å². The summed E-state index contributed by atoms with van der Waals surface area (Å²) in [6.45, 7) is -0.541. The molecule has 1 fully saturated rings. The van der Waals surface area contributed by atoms with Gasteiger partial charge in [-0.1, -0.05) is 12.1 Å². The second kappa shape index (κ2) is 5.92. The molecular formula is C16H15FN2O4. The second-order valence-corrected chi connectivity index (χ2v) is 5.52. The van der Waals surface area contributed by atoms with Crippen LogP contribution in [0.5, 0.6) is 0 Å². The number of imide groups is 1. The average Bonchev–Trinajstić information content (AvgIpc) is 2.86. The second-order valence-electron chi connectivity index (χ2n) is 5.52. The van der Waals surface area contributed by atoms with E-state index in [2.05, 4.69) is 5.32 Å². The van der Waals surface area contributed by atoms with Crippen LogP contribution >= 0.6 is 0 Å². The van der Waals surface area contributed by atoms with E-state index in [1.807, 2.05) is 0 Å². The normalized spacial score (nSPS) is 21.5. The third-order valence-corrected chi connectivity index (χ3v) is 4.08. The Hall–Kier alpha value is -2.54. The zero-order chi connectivity index (χ0) is 16.6. The molecule has 2 aliphatic rings. The number of hydrogen-bond acceptors (Lipinski definition) is 4.